The smallest absolute Gasteiger partial charge is 0.338 e. The van der Waals surface area contributed by atoms with Crippen molar-refractivity contribution in [2.45, 2.75) is 50.2 Å². The summed E-state index contributed by atoms with van der Waals surface area (Å²) in [6.45, 7) is 1.98. The first-order valence-corrected chi connectivity index (χ1v) is 12.2. The number of benzene rings is 1. The number of rotatable bonds is 8. The van der Waals surface area contributed by atoms with E-state index in [1.54, 1.807) is 31.2 Å². The zero-order chi connectivity index (χ0) is 22.5. The SMILES string of the molecule is CCOC(=O)C1=C(CSc2n[nH]c(CC3CCCC3)n2)NC(=O)NC1c1ccc(Cl)cc1. The van der Waals surface area contributed by atoms with Crippen molar-refractivity contribution >= 4 is 35.4 Å². The van der Waals surface area contributed by atoms with Crippen LogP contribution in [0, 0.1) is 5.92 Å². The maximum atomic E-state index is 12.8. The molecule has 2 heterocycles. The summed E-state index contributed by atoms with van der Waals surface area (Å²) < 4.78 is 5.29. The predicted octanol–water partition coefficient (Wildman–Crippen LogP) is 4.15. The number of H-pyrrole nitrogens is 1. The van der Waals surface area contributed by atoms with E-state index in [2.05, 4.69) is 25.8 Å². The molecule has 3 N–H and O–H groups in total. The molecule has 2 aromatic rings. The molecule has 0 saturated heterocycles. The molecular formula is C22H26ClN5O3S. The van der Waals surface area contributed by atoms with E-state index in [0.29, 0.717) is 33.1 Å². The average Bonchev–Trinajstić information content (AvgIpc) is 3.45. The van der Waals surface area contributed by atoms with Gasteiger partial charge in [0, 0.05) is 22.9 Å². The summed E-state index contributed by atoms with van der Waals surface area (Å²) >= 11 is 7.37. The number of ether oxygens (including phenoxy) is 1. The Bertz CT molecular complexity index is 1000. The van der Waals surface area contributed by atoms with Crippen LogP contribution in [-0.2, 0) is 16.0 Å². The Hall–Kier alpha value is -2.52. The molecule has 1 aliphatic heterocycles. The lowest BCUT2D eigenvalue weighted by atomic mass is 9.95. The van der Waals surface area contributed by atoms with E-state index in [0.717, 1.165) is 17.8 Å². The van der Waals surface area contributed by atoms with Crippen LogP contribution in [0.4, 0.5) is 4.79 Å². The van der Waals surface area contributed by atoms with Gasteiger partial charge in [0.1, 0.15) is 5.82 Å². The molecular weight excluding hydrogens is 450 g/mol. The lowest BCUT2D eigenvalue weighted by Gasteiger charge is -2.29. The third-order valence-electron chi connectivity index (χ3n) is 5.67. The molecule has 1 unspecified atom stereocenters. The van der Waals surface area contributed by atoms with Crippen molar-refractivity contribution in [1.29, 1.82) is 0 Å². The van der Waals surface area contributed by atoms with Gasteiger partial charge in [-0.05, 0) is 30.5 Å². The van der Waals surface area contributed by atoms with Crippen LogP contribution in [0.1, 0.15) is 50.0 Å². The Morgan fingerprint density at radius 2 is 2.00 bits per heavy atom. The van der Waals surface area contributed by atoms with E-state index < -0.39 is 12.0 Å². The molecule has 4 rings (SSSR count). The number of carbonyl (C=O) groups excluding carboxylic acids is 2. The first-order chi connectivity index (χ1) is 15.5. The summed E-state index contributed by atoms with van der Waals surface area (Å²) in [6, 6.07) is 6.00. The number of aromatic amines is 1. The molecule has 8 nitrogen and oxygen atoms in total. The number of amides is 2. The Morgan fingerprint density at radius 3 is 2.72 bits per heavy atom. The third kappa shape index (κ3) is 5.45. The zero-order valence-electron chi connectivity index (χ0n) is 17.8. The van der Waals surface area contributed by atoms with E-state index in [1.807, 2.05) is 0 Å². The van der Waals surface area contributed by atoms with Crippen molar-refractivity contribution in [3.63, 3.8) is 0 Å². The second-order valence-corrected chi connectivity index (χ2v) is 9.28. The van der Waals surface area contributed by atoms with Crippen LogP contribution in [0.2, 0.25) is 5.02 Å². The van der Waals surface area contributed by atoms with Gasteiger partial charge in [-0.25, -0.2) is 14.6 Å². The van der Waals surface area contributed by atoms with E-state index in [9.17, 15) is 9.59 Å². The summed E-state index contributed by atoms with van der Waals surface area (Å²) in [5, 5.41) is 14.1. The molecule has 0 bridgehead atoms. The van der Waals surface area contributed by atoms with Gasteiger partial charge >= 0.3 is 12.0 Å². The zero-order valence-corrected chi connectivity index (χ0v) is 19.4. The molecule has 1 aliphatic carbocycles. The molecule has 1 fully saturated rings. The second-order valence-electron chi connectivity index (χ2n) is 7.90. The Morgan fingerprint density at radius 1 is 1.25 bits per heavy atom. The van der Waals surface area contributed by atoms with Crippen LogP contribution in [0.25, 0.3) is 0 Å². The largest absolute Gasteiger partial charge is 0.463 e. The van der Waals surface area contributed by atoms with Crippen LogP contribution < -0.4 is 10.6 Å². The van der Waals surface area contributed by atoms with Crippen LogP contribution in [0.5, 0.6) is 0 Å². The highest BCUT2D eigenvalue weighted by Gasteiger charge is 2.33. The minimum atomic E-state index is -0.638. The number of esters is 1. The van der Waals surface area contributed by atoms with Crippen molar-refractivity contribution in [1.82, 2.24) is 25.8 Å². The molecule has 2 aliphatic rings. The number of hydrogen-bond donors (Lipinski definition) is 3. The maximum Gasteiger partial charge on any atom is 0.338 e. The van der Waals surface area contributed by atoms with E-state index in [-0.39, 0.29) is 12.6 Å². The van der Waals surface area contributed by atoms with Crippen LogP contribution in [0.15, 0.2) is 40.7 Å². The van der Waals surface area contributed by atoms with Gasteiger partial charge in [-0.1, -0.05) is 61.2 Å². The molecule has 0 radical (unpaired) electrons. The van der Waals surface area contributed by atoms with Crippen molar-refractivity contribution < 1.29 is 14.3 Å². The molecule has 1 aromatic heterocycles. The lowest BCUT2D eigenvalue weighted by Crippen LogP contribution is -2.46. The molecule has 1 atom stereocenters. The molecule has 0 spiro atoms. The number of nitrogens with zero attached hydrogens (tertiary/aromatic N) is 2. The second kappa shape index (κ2) is 10.4. The highest BCUT2D eigenvalue weighted by Crippen LogP contribution is 2.31. The first-order valence-electron chi connectivity index (χ1n) is 10.8. The molecule has 10 heteroatoms. The Labute approximate surface area is 195 Å². The molecule has 1 aromatic carbocycles. The molecule has 2 amide bonds. The fraction of sp³-hybridized carbons (Fsp3) is 0.455. The van der Waals surface area contributed by atoms with Gasteiger partial charge < -0.3 is 15.4 Å². The molecule has 1 saturated carbocycles. The summed E-state index contributed by atoms with van der Waals surface area (Å²) in [6.07, 6.45) is 5.96. The highest BCUT2D eigenvalue weighted by atomic mass is 35.5. The minimum Gasteiger partial charge on any atom is -0.463 e. The summed E-state index contributed by atoms with van der Waals surface area (Å²) in [7, 11) is 0. The minimum absolute atomic E-state index is 0.232. The number of thioether (sulfide) groups is 1. The van der Waals surface area contributed by atoms with Gasteiger partial charge in [0.2, 0.25) is 5.16 Å². The van der Waals surface area contributed by atoms with Crippen LogP contribution in [-0.4, -0.2) is 39.5 Å². The van der Waals surface area contributed by atoms with Gasteiger partial charge in [-0.3, -0.25) is 5.10 Å². The van der Waals surface area contributed by atoms with Gasteiger partial charge in [-0.15, -0.1) is 5.10 Å². The Balaban J connectivity index is 1.54. The van der Waals surface area contributed by atoms with Gasteiger partial charge in [-0.2, -0.15) is 0 Å². The topological polar surface area (TPSA) is 109 Å². The average molecular weight is 476 g/mol. The third-order valence-corrected chi connectivity index (χ3v) is 6.79. The molecule has 32 heavy (non-hydrogen) atoms. The summed E-state index contributed by atoms with van der Waals surface area (Å²) in [5.41, 5.74) is 1.59. The number of nitrogens with one attached hydrogen (secondary N) is 3. The van der Waals surface area contributed by atoms with E-state index in [1.165, 1.54) is 37.4 Å². The fourth-order valence-corrected chi connectivity index (χ4v) is 5.06. The van der Waals surface area contributed by atoms with E-state index in [4.69, 9.17) is 16.3 Å². The van der Waals surface area contributed by atoms with E-state index >= 15 is 0 Å². The summed E-state index contributed by atoms with van der Waals surface area (Å²) in [4.78, 5) is 29.8. The molecule has 170 valence electrons. The first kappa shape index (κ1) is 22.7. The monoisotopic (exact) mass is 475 g/mol. The number of urea groups is 1. The predicted molar refractivity (Wildman–Crippen MR) is 122 cm³/mol. The van der Waals surface area contributed by atoms with Crippen LogP contribution >= 0.6 is 23.4 Å². The fourth-order valence-electron chi connectivity index (χ4n) is 4.15. The van der Waals surface area contributed by atoms with Gasteiger partial charge in [0.25, 0.3) is 0 Å². The highest BCUT2D eigenvalue weighted by molar-refractivity contribution is 7.99. The standard InChI is InChI=1S/C22H26ClN5O3S/c1-2-31-20(29)18-16(24-21(30)26-19(18)14-7-9-15(23)10-8-14)12-32-22-25-17(27-28-22)11-13-5-3-4-6-13/h7-10,13,19H,2-6,11-12H2,1H3,(H2,24,26,30)(H,25,27,28). The summed E-state index contributed by atoms with van der Waals surface area (Å²) in [5.74, 6) is 1.40. The maximum absolute atomic E-state index is 12.8. The Kier molecular flexibility index (Phi) is 7.36. The van der Waals surface area contributed by atoms with Crippen LogP contribution in [0.3, 0.4) is 0 Å². The normalized spacial score (nSPS) is 19.1. The van der Waals surface area contributed by atoms with Gasteiger partial charge in [0.05, 0.1) is 18.2 Å². The number of hydrogen-bond acceptors (Lipinski definition) is 6. The van der Waals surface area contributed by atoms with Crippen molar-refractivity contribution in [2.24, 2.45) is 5.92 Å². The number of halogens is 1. The quantitative estimate of drug-likeness (QED) is 0.391. The van der Waals surface area contributed by atoms with Crippen molar-refractivity contribution in [2.75, 3.05) is 12.4 Å². The number of aromatic nitrogens is 3. The van der Waals surface area contributed by atoms with Crippen molar-refractivity contribution in [3.05, 3.63) is 51.9 Å². The lowest BCUT2D eigenvalue weighted by molar-refractivity contribution is -0.139. The van der Waals surface area contributed by atoms with Crippen molar-refractivity contribution in [3.8, 4) is 0 Å². The number of carbonyl (C=O) groups is 2. The van der Waals surface area contributed by atoms with Gasteiger partial charge in [0.15, 0.2) is 0 Å².